The first kappa shape index (κ1) is 26.7. The fourth-order valence-corrected chi connectivity index (χ4v) is 5.15. The number of ether oxygens (including phenoxy) is 1. The topological polar surface area (TPSA) is 66.8 Å². The molecule has 0 saturated carbocycles. The van der Waals surface area contributed by atoms with Gasteiger partial charge in [-0.1, -0.05) is 74.0 Å². The van der Waals surface area contributed by atoms with Gasteiger partial charge in [0.1, 0.15) is 17.9 Å². The van der Waals surface area contributed by atoms with Gasteiger partial charge in [0.2, 0.25) is 5.91 Å². The summed E-state index contributed by atoms with van der Waals surface area (Å²) in [5.74, 6) is 0.108. The minimum atomic E-state index is -1.03. The average Bonchev–Trinajstić information content (AvgIpc) is 3.16. The van der Waals surface area contributed by atoms with Gasteiger partial charge in [-0.2, -0.15) is 0 Å². The Balaban J connectivity index is 1.40. The summed E-state index contributed by atoms with van der Waals surface area (Å²) >= 11 is 6.06. The molecule has 0 fully saturated rings. The molecule has 0 aliphatic carbocycles. The number of carboxylic acids is 1. The molecule has 1 aliphatic rings. The smallest absolute Gasteiger partial charge is 0.323 e. The van der Waals surface area contributed by atoms with Crippen molar-refractivity contribution in [2.24, 2.45) is 0 Å². The van der Waals surface area contributed by atoms with Crippen LogP contribution in [0.15, 0.2) is 66.7 Å². The Labute approximate surface area is 224 Å². The Morgan fingerprint density at radius 2 is 1.76 bits per heavy atom. The van der Waals surface area contributed by atoms with Crippen LogP contribution in [-0.4, -0.2) is 40.6 Å². The van der Waals surface area contributed by atoms with Crippen LogP contribution >= 0.6 is 11.6 Å². The minimum Gasteiger partial charge on any atom is -0.487 e. The molecule has 4 rings (SSSR count). The van der Waals surface area contributed by atoms with Crippen molar-refractivity contribution in [3.05, 3.63) is 99.6 Å². The van der Waals surface area contributed by atoms with Crippen LogP contribution in [0.3, 0.4) is 0 Å². The quantitative estimate of drug-likeness (QED) is 0.351. The molecule has 3 aromatic rings. The third-order valence-electron chi connectivity index (χ3n) is 6.86. The number of amides is 1. The molecule has 5 nitrogen and oxygen atoms in total. The molecule has 1 heterocycles. The van der Waals surface area contributed by atoms with Gasteiger partial charge in [-0.25, -0.2) is 0 Å². The van der Waals surface area contributed by atoms with Crippen LogP contribution in [0.4, 0.5) is 0 Å². The van der Waals surface area contributed by atoms with E-state index >= 15 is 0 Å². The summed E-state index contributed by atoms with van der Waals surface area (Å²) in [6, 6.07) is 22.0. The molecule has 0 unspecified atom stereocenters. The van der Waals surface area contributed by atoms with Crippen molar-refractivity contribution in [3.8, 4) is 5.75 Å². The van der Waals surface area contributed by atoms with E-state index in [1.807, 2.05) is 36.4 Å². The predicted molar refractivity (Wildman–Crippen MR) is 146 cm³/mol. The van der Waals surface area contributed by atoms with E-state index in [0.29, 0.717) is 23.9 Å². The fourth-order valence-electron chi connectivity index (χ4n) is 4.93. The number of halogens is 1. The highest BCUT2D eigenvalue weighted by atomic mass is 35.5. The monoisotopic (exact) mass is 519 g/mol. The lowest BCUT2D eigenvalue weighted by Crippen LogP contribution is -2.38. The lowest BCUT2D eigenvalue weighted by Gasteiger charge is -2.24. The van der Waals surface area contributed by atoms with Crippen LogP contribution in [0.25, 0.3) is 0 Å². The summed E-state index contributed by atoms with van der Waals surface area (Å²) in [6.07, 6.45) is 2.23. The Morgan fingerprint density at radius 3 is 2.43 bits per heavy atom. The summed E-state index contributed by atoms with van der Waals surface area (Å²) in [7, 11) is 0. The summed E-state index contributed by atoms with van der Waals surface area (Å²) in [4.78, 5) is 25.9. The van der Waals surface area contributed by atoms with E-state index in [-0.39, 0.29) is 24.5 Å². The van der Waals surface area contributed by atoms with Crippen molar-refractivity contribution >= 4 is 23.5 Å². The highest BCUT2D eigenvalue weighted by Gasteiger charge is 2.35. The number of carbonyl (C=O) groups excluding carboxylic acids is 1. The van der Waals surface area contributed by atoms with Crippen molar-refractivity contribution in [1.82, 2.24) is 4.90 Å². The van der Waals surface area contributed by atoms with E-state index in [2.05, 4.69) is 45.0 Å². The highest BCUT2D eigenvalue weighted by molar-refractivity contribution is 6.30. The fraction of sp³-hybridized carbons (Fsp3) is 0.355. The van der Waals surface area contributed by atoms with Crippen molar-refractivity contribution in [1.29, 1.82) is 0 Å². The van der Waals surface area contributed by atoms with Gasteiger partial charge in [-0.05, 0) is 65.3 Å². The van der Waals surface area contributed by atoms with Crippen LogP contribution in [0, 0.1) is 0 Å². The van der Waals surface area contributed by atoms with Gasteiger partial charge in [0.25, 0.3) is 0 Å². The molecule has 1 N–H and O–H groups in total. The van der Waals surface area contributed by atoms with E-state index in [9.17, 15) is 14.7 Å². The van der Waals surface area contributed by atoms with E-state index in [0.717, 1.165) is 35.3 Å². The van der Waals surface area contributed by atoms with E-state index in [4.69, 9.17) is 16.3 Å². The Morgan fingerprint density at radius 1 is 1.03 bits per heavy atom. The lowest BCUT2D eigenvalue weighted by atomic mass is 9.90. The molecule has 0 radical (unpaired) electrons. The average molecular weight is 520 g/mol. The third kappa shape index (κ3) is 7.14. The number of benzene rings is 3. The van der Waals surface area contributed by atoms with Crippen molar-refractivity contribution in [2.75, 3.05) is 13.1 Å². The van der Waals surface area contributed by atoms with Crippen LogP contribution in [0.5, 0.6) is 5.75 Å². The molecule has 3 aromatic carbocycles. The SMILES string of the molecule is CC(C)c1ccc(C[C@]2(C)Cc3cc(CC(=O)N(CCc4cccc(Cl)c4)CC(=O)O)ccc3O2)cc1. The molecule has 37 heavy (non-hydrogen) atoms. The number of carboxylic acid groups (broad SMARTS) is 1. The second kappa shape index (κ2) is 11.4. The predicted octanol–water partition coefficient (Wildman–Crippen LogP) is 6.10. The van der Waals surface area contributed by atoms with Gasteiger partial charge in [-0.3, -0.25) is 9.59 Å². The summed E-state index contributed by atoms with van der Waals surface area (Å²) in [6.45, 7) is 6.48. The molecule has 0 aromatic heterocycles. The molecule has 0 saturated heterocycles. The zero-order valence-corrected chi connectivity index (χ0v) is 22.4. The summed E-state index contributed by atoms with van der Waals surface area (Å²) in [5, 5.41) is 9.98. The maximum absolute atomic E-state index is 13.1. The molecule has 1 aliphatic heterocycles. The Kier molecular flexibility index (Phi) is 8.23. The Hall–Kier alpha value is -3.31. The van der Waals surface area contributed by atoms with Gasteiger partial charge < -0.3 is 14.7 Å². The minimum absolute atomic E-state index is 0.142. The van der Waals surface area contributed by atoms with Crippen molar-refractivity contribution < 1.29 is 19.4 Å². The molecule has 0 spiro atoms. The van der Waals surface area contributed by atoms with Gasteiger partial charge >= 0.3 is 5.97 Å². The largest absolute Gasteiger partial charge is 0.487 e. The maximum Gasteiger partial charge on any atom is 0.323 e. The van der Waals surface area contributed by atoms with Gasteiger partial charge in [0.15, 0.2) is 0 Å². The molecular formula is C31H34ClNO4. The maximum atomic E-state index is 13.1. The number of aliphatic carboxylic acids is 1. The molecule has 0 bridgehead atoms. The van der Waals surface area contributed by atoms with Crippen molar-refractivity contribution in [3.63, 3.8) is 0 Å². The highest BCUT2D eigenvalue weighted by Crippen LogP contribution is 2.37. The normalized spacial score (nSPS) is 16.4. The number of fused-ring (bicyclic) bond motifs is 1. The molecule has 1 atom stereocenters. The summed E-state index contributed by atoms with van der Waals surface area (Å²) < 4.78 is 6.35. The van der Waals surface area contributed by atoms with E-state index < -0.39 is 5.97 Å². The van der Waals surface area contributed by atoms with E-state index in [1.54, 1.807) is 6.07 Å². The first-order chi connectivity index (χ1) is 17.6. The molecule has 6 heteroatoms. The zero-order chi connectivity index (χ0) is 26.6. The second-order valence-corrected chi connectivity index (χ2v) is 10.9. The second-order valence-electron chi connectivity index (χ2n) is 10.5. The lowest BCUT2D eigenvalue weighted by molar-refractivity contribution is -0.144. The number of rotatable bonds is 10. The number of carbonyl (C=O) groups is 2. The van der Waals surface area contributed by atoms with Gasteiger partial charge in [-0.15, -0.1) is 0 Å². The molecule has 194 valence electrons. The number of hydrogen-bond donors (Lipinski definition) is 1. The van der Waals surface area contributed by atoms with Gasteiger partial charge in [0, 0.05) is 24.4 Å². The zero-order valence-electron chi connectivity index (χ0n) is 21.7. The van der Waals surface area contributed by atoms with Crippen LogP contribution in [-0.2, 0) is 35.3 Å². The number of hydrogen-bond acceptors (Lipinski definition) is 3. The van der Waals surface area contributed by atoms with Crippen LogP contribution in [0.2, 0.25) is 5.02 Å². The van der Waals surface area contributed by atoms with Crippen LogP contribution < -0.4 is 4.74 Å². The number of nitrogens with zero attached hydrogens (tertiary/aromatic N) is 1. The molecule has 1 amide bonds. The van der Waals surface area contributed by atoms with Crippen molar-refractivity contribution in [2.45, 2.75) is 58.0 Å². The first-order valence-electron chi connectivity index (χ1n) is 12.7. The summed E-state index contributed by atoms with van der Waals surface area (Å²) in [5.41, 5.74) is 5.11. The first-order valence-corrected chi connectivity index (χ1v) is 13.1. The van der Waals surface area contributed by atoms with Crippen LogP contribution in [0.1, 0.15) is 54.5 Å². The molecular weight excluding hydrogens is 486 g/mol. The van der Waals surface area contributed by atoms with Gasteiger partial charge in [0.05, 0.1) is 6.42 Å². The van der Waals surface area contributed by atoms with E-state index in [1.165, 1.54) is 16.0 Å². The standard InChI is InChI=1S/C31H34ClNO4/c1-21(2)25-10-7-23(8-11-25)18-31(3)19-26-15-24(9-12-28(26)37-31)17-29(34)33(20-30(35)36)14-13-22-5-4-6-27(32)16-22/h4-12,15-16,21H,13-14,17-20H2,1-3H3,(H,35,36)/t31-/m1/s1. The third-order valence-corrected chi connectivity index (χ3v) is 7.10. The Bertz CT molecular complexity index is 1270.